The van der Waals surface area contributed by atoms with Crippen molar-refractivity contribution in [3.63, 3.8) is 0 Å². The molecule has 5 nitrogen and oxygen atoms in total. The maximum absolute atomic E-state index is 13.9. The lowest BCUT2D eigenvalue weighted by atomic mass is 10.0. The number of anilines is 1. The Hall–Kier alpha value is -1.18. The Labute approximate surface area is 124 Å². The molecule has 0 aromatic heterocycles. The number of hydrogen-bond donors (Lipinski definition) is 1. The van der Waals surface area contributed by atoms with Gasteiger partial charge in [-0.3, -0.25) is 4.90 Å². The molecule has 2 fully saturated rings. The van der Waals surface area contributed by atoms with Crippen LogP contribution in [0.3, 0.4) is 0 Å². The lowest BCUT2D eigenvalue weighted by molar-refractivity contribution is 0.0851. The topological polar surface area (TPSA) is 66.6 Å². The SMILES string of the molecule is Nc1cccc(F)c1S(=O)(=O)N1CCN2CCCCC2C1. The highest BCUT2D eigenvalue weighted by Crippen LogP contribution is 2.29. The second-order valence-corrected chi connectivity index (χ2v) is 7.58. The quantitative estimate of drug-likeness (QED) is 0.835. The average Bonchev–Trinajstić information content (AvgIpc) is 2.46. The number of piperidine rings is 1. The summed E-state index contributed by atoms with van der Waals surface area (Å²) in [6.07, 6.45) is 3.29. The molecule has 0 aliphatic carbocycles. The van der Waals surface area contributed by atoms with E-state index in [0.717, 1.165) is 25.5 Å². The van der Waals surface area contributed by atoms with Gasteiger partial charge in [0.1, 0.15) is 10.7 Å². The van der Waals surface area contributed by atoms with E-state index in [0.29, 0.717) is 19.6 Å². The van der Waals surface area contributed by atoms with Crippen molar-refractivity contribution in [1.82, 2.24) is 9.21 Å². The molecule has 0 saturated carbocycles. The summed E-state index contributed by atoms with van der Waals surface area (Å²) in [7, 11) is -3.87. The number of benzene rings is 1. The molecule has 0 spiro atoms. The van der Waals surface area contributed by atoms with Gasteiger partial charge in [-0.1, -0.05) is 12.5 Å². The summed E-state index contributed by atoms with van der Waals surface area (Å²) in [6, 6.07) is 4.23. The summed E-state index contributed by atoms with van der Waals surface area (Å²) in [5, 5.41) is 0. The number of fused-ring (bicyclic) bond motifs is 1. The minimum absolute atomic E-state index is 0.0268. The van der Waals surface area contributed by atoms with Gasteiger partial charge in [-0.05, 0) is 31.5 Å². The highest BCUT2D eigenvalue weighted by molar-refractivity contribution is 7.89. The zero-order valence-electron chi connectivity index (χ0n) is 11.8. The zero-order chi connectivity index (χ0) is 15.0. The van der Waals surface area contributed by atoms with Gasteiger partial charge in [-0.15, -0.1) is 0 Å². The summed E-state index contributed by atoms with van der Waals surface area (Å²) in [5.74, 6) is -0.777. The number of hydrogen-bond acceptors (Lipinski definition) is 4. The summed E-state index contributed by atoms with van der Waals surface area (Å²) < 4.78 is 40.7. The van der Waals surface area contributed by atoms with Crippen molar-refractivity contribution >= 4 is 15.7 Å². The predicted molar refractivity (Wildman–Crippen MR) is 78.8 cm³/mol. The van der Waals surface area contributed by atoms with E-state index in [2.05, 4.69) is 4.90 Å². The van der Waals surface area contributed by atoms with Crippen LogP contribution in [-0.2, 0) is 10.0 Å². The van der Waals surface area contributed by atoms with E-state index in [-0.39, 0.29) is 16.6 Å². The van der Waals surface area contributed by atoms with E-state index >= 15 is 0 Å². The molecule has 2 aliphatic rings. The Morgan fingerprint density at radius 3 is 2.76 bits per heavy atom. The van der Waals surface area contributed by atoms with Crippen LogP contribution in [0.1, 0.15) is 19.3 Å². The van der Waals surface area contributed by atoms with Crippen molar-refractivity contribution in [1.29, 1.82) is 0 Å². The maximum atomic E-state index is 13.9. The molecule has 0 bridgehead atoms. The second kappa shape index (κ2) is 5.55. The van der Waals surface area contributed by atoms with Crippen molar-refractivity contribution in [2.75, 3.05) is 31.9 Å². The van der Waals surface area contributed by atoms with Crippen LogP contribution in [-0.4, -0.2) is 49.8 Å². The van der Waals surface area contributed by atoms with Crippen LogP contribution in [0.5, 0.6) is 0 Å². The first-order chi connectivity index (χ1) is 10.00. The third-order valence-electron chi connectivity index (χ3n) is 4.40. The highest BCUT2D eigenvalue weighted by atomic mass is 32.2. The molecular weight excluding hydrogens is 293 g/mol. The fourth-order valence-electron chi connectivity index (χ4n) is 3.27. The first kappa shape index (κ1) is 14.7. The van der Waals surface area contributed by atoms with Crippen LogP contribution < -0.4 is 5.73 Å². The molecule has 1 unspecified atom stereocenters. The molecule has 7 heteroatoms. The standard InChI is InChI=1S/C14H20FN3O2S/c15-12-5-3-6-13(16)14(12)21(19,20)18-9-8-17-7-2-1-4-11(17)10-18/h3,5-6,11H,1-2,4,7-10,16H2. The molecular formula is C14H20FN3O2S. The van der Waals surface area contributed by atoms with Crippen LogP contribution in [0.2, 0.25) is 0 Å². The minimum Gasteiger partial charge on any atom is -0.398 e. The lowest BCUT2D eigenvalue weighted by Crippen LogP contribution is -2.56. The van der Waals surface area contributed by atoms with Crippen molar-refractivity contribution in [3.8, 4) is 0 Å². The van der Waals surface area contributed by atoms with Gasteiger partial charge in [0.25, 0.3) is 0 Å². The lowest BCUT2D eigenvalue weighted by Gasteiger charge is -2.43. The second-order valence-electron chi connectivity index (χ2n) is 5.71. The van der Waals surface area contributed by atoms with Crippen LogP contribution in [0.4, 0.5) is 10.1 Å². The zero-order valence-corrected chi connectivity index (χ0v) is 12.7. The molecule has 2 aliphatic heterocycles. The van der Waals surface area contributed by atoms with Crippen molar-refractivity contribution in [3.05, 3.63) is 24.0 Å². The number of nitrogens with two attached hydrogens (primary N) is 1. The molecule has 2 saturated heterocycles. The summed E-state index contributed by atoms with van der Waals surface area (Å²) in [5.41, 5.74) is 5.66. The first-order valence-corrected chi connectivity index (χ1v) is 8.72. The van der Waals surface area contributed by atoms with Crippen molar-refractivity contribution < 1.29 is 12.8 Å². The molecule has 21 heavy (non-hydrogen) atoms. The number of nitrogens with zero attached hydrogens (tertiary/aromatic N) is 2. The van der Waals surface area contributed by atoms with Crippen LogP contribution in [0.25, 0.3) is 0 Å². The first-order valence-electron chi connectivity index (χ1n) is 7.28. The fraction of sp³-hybridized carbons (Fsp3) is 0.571. The van der Waals surface area contributed by atoms with Gasteiger partial charge < -0.3 is 5.73 Å². The molecule has 1 aromatic carbocycles. The number of piperazine rings is 1. The molecule has 2 N–H and O–H groups in total. The summed E-state index contributed by atoms with van der Waals surface area (Å²) in [6.45, 7) is 2.56. The Bertz CT molecular complexity index is 615. The van der Waals surface area contributed by atoms with Gasteiger partial charge in [0.05, 0.1) is 5.69 Å². The van der Waals surface area contributed by atoms with E-state index in [1.165, 1.54) is 22.9 Å². The summed E-state index contributed by atoms with van der Waals surface area (Å²) in [4.78, 5) is 1.95. The molecule has 3 rings (SSSR count). The number of nitrogen functional groups attached to an aromatic ring is 1. The number of sulfonamides is 1. The van der Waals surface area contributed by atoms with Gasteiger partial charge in [0.2, 0.25) is 10.0 Å². The Balaban J connectivity index is 1.89. The smallest absolute Gasteiger partial charge is 0.248 e. The van der Waals surface area contributed by atoms with E-state index < -0.39 is 15.8 Å². The molecule has 0 amide bonds. The molecule has 116 valence electrons. The van der Waals surface area contributed by atoms with E-state index in [4.69, 9.17) is 5.73 Å². The molecule has 1 aromatic rings. The molecule has 2 heterocycles. The summed E-state index contributed by atoms with van der Waals surface area (Å²) >= 11 is 0. The largest absolute Gasteiger partial charge is 0.398 e. The van der Waals surface area contributed by atoms with Crippen molar-refractivity contribution in [2.45, 2.75) is 30.2 Å². The van der Waals surface area contributed by atoms with Gasteiger partial charge in [-0.2, -0.15) is 4.31 Å². The van der Waals surface area contributed by atoms with Crippen LogP contribution in [0, 0.1) is 5.82 Å². The monoisotopic (exact) mass is 313 g/mol. The van der Waals surface area contributed by atoms with Crippen LogP contribution in [0.15, 0.2) is 23.1 Å². The van der Waals surface area contributed by atoms with Crippen LogP contribution >= 0.6 is 0 Å². The number of halogens is 1. The van der Waals surface area contributed by atoms with Gasteiger partial charge in [0, 0.05) is 25.7 Å². The third kappa shape index (κ3) is 2.65. The third-order valence-corrected chi connectivity index (χ3v) is 6.35. The number of rotatable bonds is 2. The van der Waals surface area contributed by atoms with Gasteiger partial charge >= 0.3 is 0 Å². The Morgan fingerprint density at radius 1 is 1.19 bits per heavy atom. The average molecular weight is 313 g/mol. The fourth-order valence-corrected chi connectivity index (χ4v) is 4.90. The minimum atomic E-state index is -3.87. The Morgan fingerprint density at radius 2 is 2.00 bits per heavy atom. The van der Waals surface area contributed by atoms with E-state index in [9.17, 15) is 12.8 Å². The van der Waals surface area contributed by atoms with Crippen molar-refractivity contribution in [2.24, 2.45) is 0 Å². The predicted octanol–water partition coefficient (Wildman–Crippen LogP) is 1.27. The van der Waals surface area contributed by atoms with Gasteiger partial charge in [-0.25, -0.2) is 12.8 Å². The highest BCUT2D eigenvalue weighted by Gasteiger charge is 2.37. The van der Waals surface area contributed by atoms with Gasteiger partial charge in [0.15, 0.2) is 0 Å². The van der Waals surface area contributed by atoms with E-state index in [1.54, 1.807) is 0 Å². The van der Waals surface area contributed by atoms with E-state index in [1.807, 2.05) is 0 Å². The molecule has 1 atom stereocenters. The Kier molecular flexibility index (Phi) is 3.90. The maximum Gasteiger partial charge on any atom is 0.248 e. The normalized spacial score (nSPS) is 24.7. The molecule has 0 radical (unpaired) electrons.